The first-order chi connectivity index (χ1) is 15.8. The van der Waals surface area contributed by atoms with Gasteiger partial charge in [0.05, 0.1) is 30.7 Å². The van der Waals surface area contributed by atoms with Crippen molar-refractivity contribution in [3.8, 4) is 17.0 Å². The molecule has 1 amide bonds. The molecule has 5 rings (SSSR count). The quantitative estimate of drug-likeness (QED) is 0.441. The van der Waals surface area contributed by atoms with Crippen LogP contribution in [0.15, 0.2) is 65.2 Å². The van der Waals surface area contributed by atoms with Gasteiger partial charge in [-0.15, -0.1) is 0 Å². The van der Waals surface area contributed by atoms with E-state index in [0.29, 0.717) is 16.3 Å². The van der Waals surface area contributed by atoms with E-state index in [0.717, 1.165) is 16.2 Å². The third kappa shape index (κ3) is 3.11. The van der Waals surface area contributed by atoms with Gasteiger partial charge in [0.2, 0.25) is 26.4 Å². The van der Waals surface area contributed by atoms with Crippen LogP contribution in [0, 0.1) is 0 Å². The number of carbonyl (C=O) groups is 2. The van der Waals surface area contributed by atoms with Crippen LogP contribution in [-0.2, 0) is 19.4 Å². The van der Waals surface area contributed by atoms with Crippen molar-refractivity contribution in [3.63, 3.8) is 0 Å². The zero-order valence-electron chi connectivity index (χ0n) is 17.4. The van der Waals surface area contributed by atoms with Crippen LogP contribution in [0.5, 0.6) is 5.75 Å². The number of nitrogens with zero attached hydrogens (tertiary/aromatic N) is 2. The molecule has 1 atom stereocenters. The average molecular weight is 484 g/mol. The number of β-lactam (4-membered cyclic amide) rings is 1. The number of aromatic nitrogens is 2. The summed E-state index contributed by atoms with van der Waals surface area (Å²) in [4.78, 5) is 25.0. The van der Waals surface area contributed by atoms with E-state index in [1.807, 2.05) is 0 Å². The second-order valence-electron chi connectivity index (χ2n) is 7.82. The van der Waals surface area contributed by atoms with Crippen LogP contribution in [0.4, 0.5) is 0 Å². The normalized spacial score (nSPS) is 21.3. The summed E-state index contributed by atoms with van der Waals surface area (Å²) >= 11 is 6.08. The van der Waals surface area contributed by atoms with Gasteiger partial charge in [-0.2, -0.15) is 5.10 Å². The molecular weight excluding hydrogens is 466 g/mol. The molecule has 0 bridgehead atoms. The first kappa shape index (κ1) is 21.4. The molecule has 1 unspecified atom stereocenters. The van der Waals surface area contributed by atoms with E-state index in [4.69, 9.17) is 16.3 Å². The van der Waals surface area contributed by atoms with E-state index >= 15 is 0 Å². The number of halogens is 1. The van der Waals surface area contributed by atoms with Gasteiger partial charge in [-0.1, -0.05) is 23.7 Å². The molecule has 0 saturated carbocycles. The number of ketones is 1. The third-order valence-corrected chi connectivity index (χ3v) is 8.61. The van der Waals surface area contributed by atoms with Gasteiger partial charge < -0.3 is 9.64 Å². The lowest BCUT2D eigenvalue weighted by molar-refractivity contribution is -0.150. The van der Waals surface area contributed by atoms with E-state index in [1.54, 1.807) is 42.6 Å². The molecule has 3 aromatic rings. The Balaban J connectivity index is 1.54. The van der Waals surface area contributed by atoms with E-state index in [1.165, 1.54) is 25.3 Å². The summed E-state index contributed by atoms with van der Waals surface area (Å²) in [7, 11) is -2.70. The number of H-pyrrole nitrogens is 1. The fourth-order valence-electron chi connectivity index (χ4n) is 4.32. The lowest BCUT2D eigenvalue weighted by Gasteiger charge is -2.44. The van der Waals surface area contributed by atoms with Crippen LogP contribution >= 0.6 is 11.6 Å². The number of benzene rings is 2. The molecule has 33 heavy (non-hydrogen) atoms. The second kappa shape index (κ2) is 7.57. The SMILES string of the molecule is COc1ccc(Cl)cc1C=C1CN2C(=O)CC2(S(=O)(=O)c2ccc(-c3ccn[nH]3)cc2)C1=O. The number of sulfone groups is 1. The molecule has 0 spiro atoms. The summed E-state index contributed by atoms with van der Waals surface area (Å²) in [5, 5.41) is 7.14. The standard InChI is InChI=1S/C23H18ClN3O5S/c1-32-20-7-4-17(24)11-15(20)10-16-13-27-21(28)12-23(27,22(16)29)33(30,31)18-5-2-14(3-6-18)19-8-9-25-26-19/h2-11H,12-13H2,1H3,(H,25,26). The maximum absolute atomic E-state index is 13.6. The van der Waals surface area contributed by atoms with Crippen molar-refractivity contribution in [2.24, 2.45) is 0 Å². The predicted molar refractivity (Wildman–Crippen MR) is 121 cm³/mol. The Kier molecular flexibility index (Phi) is 4.91. The van der Waals surface area contributed by atoms with Crippen LogP contribution in [0.25, 0.3) is 17.3 Å². The van der Waals surface area contributed by atoms with Gasteiger partial charge in [0.15, 0.2) is 0 Å². The van der Waals surface area contributed by atoms with E-state index < -0.39 is 20.5 Å². The van der Waals surface area contributed by atoms with Crippen LogP contribution in [0.2, 0.25) is 5.02 Å². The number of Topliss-reactive ketones (excluding diaryl/α,β-unsaturated/α-hetero) is 1. The summed E-state index contributed by atoms with van der Waals surface area (Å²) in [6.07, 6.45) is 2.74. The zero-order valence-corrected chi connectivity index (χ0v) is 19.0. The molecule has 3 heterocycles. The molecule has 2 aliphatic rings. The summed E-state index contributed by atoms with van der Waals surface area (Å²) in [6.45, 7) is -0.0984. The number of methoxy groups -OCH3 is 1. The minimum Gasteiger partial charge on any atom is -0.496 e. The number of rotatable bonds is 5. The number of aromatic amines is 1. The number of amides is 1. The van der Waals surface area contributed by atoms with Crippen LogP contribution < -0.4 is 4.74 Å². The molecule has 0 radical (unpaired) electrons. The Labute approximate surface area is 194 Å². The fraction of sp³-hybridized carbons (Fsp3) is 0.174. The predicted octanol–water partition coefficient (Wildman–Crippen LogP) is 3.11. The van der Waals surface area contributed by atoms with Gasteiger partial charge >= 0.3 is 0 Å². The molecule has 1 aromatic heterocycles. The van der Waals surface area contributed by atoms with Crippen LogP contribution in [0.3, 0.4) is 0 Å². The van der Waals surface area contributed by atoms with Gasteiger partial charge in [0, 0.05) is 22.4 Å². The molecule has 168 valence electrons. The van der Waals surface area contributed by atoms with Gasteiger partial charge in [0.1, 0.15) is 5.75 Å². The smallest absolute Gasteiger partial charge is 0.228 e. The van der Waals surface area contributed by atoms with Gasteiger partial charge in [-0.25, -0.2) is 8.42 Å². The minimum absolute atomic E-state index is 0.0294. The number of hydrogen-bond acceptors (Lipinski definition) is 6. The Hall–Kier alpha value is -3.43. The van der Waals surface area contributed by atoms with Crippen molar-refractivity contribution < 1.29 is 22.7 Å². The van der Waals surface area contributed by atoms with E-state index in [-0.39, 0.29) is 29.3 Å². The lowest BCUT2D eigenvalue weighted by atomic mass is 9.99. The highest BCUT2D eigenvalue weighted by molar-refractivity contribution is 7.93. The Morgan fingerprint density at radius 1 is 1.15 bits per heavy atom. The Morgan fingerprint density at radius 2 is 1.91 bits per heavy atom. The van der Waals surface area contributed by atoms with Crippen molar-refractivity contribution in [2.75, 3.05) is 13.7 Å². The second-order valence-corrected chi connectivity index (χ2v) is 10.4. The third-order valence-electron chi connectivity index (χ3n) is 6.05. The number of ether oxygens (including phenoxy) is 1. The van der Waals surface area contributed by atoms with Gasteiger partial charge in [-0.3, -0.25) is 14.7 Å². The molecule has 8 nitrogen and oxygen atoms in total. The molecule has 2 saturated heterocycles. The molecule has 0 aliphatic carbocycles. The molecule has 2 aromatic carbocycles. The van der Waals surface area contributed by atoms with E-state index in [2.05, 4.69) is 10.2 Å². The largest absolute Gasteiger partial charge is 0.496 e. The van der Waals surface area contributed by atoms with Crippen molar-refractivity contribution in [2.45, 2.75) is 16.2 Å². The highest BCUT2D eigenvalue weighted by Gasteiger charge is 2.69. The summed E-state index contributed by atoms with van der Waals surface area (Å²) in [5.41, 5.74) is 2.21. The van der Waals surface area contributed by atoms with Crippen molar-refractivity contribution in [1.29, 1.82) is 0 Å². The number of hydrogen-bond donors (Lipinski definition) is 1. The summed E-state index contributed by atoms with van der Waals surface area (Å²) < 4.78 is 32.6. The number of fused-ring (bicyclic) bond motifs is 1. The zero-order chi connectivity index (χ0) is 23.4. The summed E-state index contributed by atoms with van der Waals surface area (Å²) in [6, 6.07) is 12.8. The molecule has 10 heteroatoms. The van der Waals surface area contributed by atoms with Crippen LogP contribution in [-0.4, -0.2) is 53.7 Å². The molecule has 1 N–H and O–H groups in total. The highest BCUT2D eigenvalue weighted by atomic mass is 35.5. The molecular formula is C23H18ClN3O5S. The monoisotopic (exact) mass is 483 g/mol. The lowest BCUT2D eigenvalue weighted by Crippen LogP contribution is -2.67. The number of carbonyl (C=O) groups excluding carboxylic acids is 2. The number of nitrogens with one attached hydrogen (secondary N) is 1. The first-order valence-electron chi connectivity index (χ1n) is 10.0. The maximum Gasteiger partial charge on any atom is 0.228 e. The van der Waals surface area contributed by atoms with E-state index in [9.17, 15) is 18.0 Å². The topological polar surface area (TPSA) is 109 Å². The van der Waals surface area contributed by atoms with Gasteiger partial charge in [-0.05, 0) is 48.0 Å². The van der Waals surface area contributed by atoms with Crippen LogP contribution in [0.1, 0.15) is 12.0 Å². The fourth-order valence-corrected chi connectivity index (χ4v) is 6.53. The molecule has 2 aliphatic heterocycles. The minimum atomic E-state index is -4.19. The molecule has 2 fully saturated rings. The first-order valence-corrected chi connectivity index (χ1v) is 11.9. The maximum atomic E-state index is 13.6. The Bertz CT molecular complexity index is 1410. The van der Waals surface area contributed by atoms with Crippen molar-refractivity contribution in [3.05, 3.63) is 70.9 Å². The average Bonchev–Trinajstić information content (AvgIpc) is 3.41. The Morgan fingerprint density at radius 3 is 2.55 bits per heavy atom. The van der Waals surface area contributed by atoms with Gasteiger partial charge in [0.25, 0.3) is 0 Å². The highest BCUT2D eigenvalue weighted by Crippen LogP contribution is 2.48. The van der Waals surface area contributed by atoms with Crippen molar-refractivity contribution in [1.82, 2.24) is 15.1 Å². The summed E-state index contributed by atoms with van der Waals surface area (Å²) in [5.74, 6) is -0.518. The van der Waals surface area contributed by atoms with Crippen molar-refractivity contribution >= 4 is 39.2 Å².